The van der Waals surface area contributed by atoms with E-state index < -0.39 is 5.97 Å². The Hall–Kier alpha value is -1.51. The minimum Gasteiger partial charge on any atom is -0.481 e. The molecule has 1 aromatic rings. The number of carboxylic acids is 1. The van der Waals surface area contributed by atoms with Gasteiger partial charge in [0.05, 0.1) is 5.92 Å². The maximum absolute atomic E-state index is 11.4. The molecular formula is C14H19NO2. The third kappa shape index (κ3) is 2.02. The van der Waals surface area contributed by atoms with Crippen molar-refractivity contribution >= 4 is 11.7 Å². The van der Waals surface area contributed by atoms with Gasteiger partial charge < -0.3 is 10.4 Å². The van der Waals surface area contributed by atoms with Crippen molar-refractivity contribution in [3.63, 3.8) is 0 Å². The zero-order valence-corrected chi connectivity index (χ0v) is 10.5. The first-order valence-corrected chi connectivity index (χ1v) is 6.08. The van der Waals surface area contributed by atoms with Gasteiger partial charge in [0.1, 0.15) is 0 Å². The van der Waals surface area contributed by atoms with Crippen LogP contribution in [0.4, 0.5) is 5.69 Å². The Morgan fingerprint density at radius 1 is 1.47 bits per heavy atom. The summed E-state index contributed by atoms with van der Waals surface area (Å²) in [7, 11) is 0. The molecule has 2 N–H and O–H groups in total. The SMILES string of the molecule is Cc1cccc2c1NCC2C(C(=O)O)C(C)C. The molecular weight excluding hydrogens is 214 g/mol. The number of carbonyl (C=O) groups is 1. The molecule has 0 aliphatic carbocycles. The Labute approximate surface area is 102 Å². The third-order valence-corrected chi connectivity index (χ3v) is 3.64. The van der Waals surface area contributed by atoms with E-state index in [2.05, 4.69) is 18.3 Å². The number of hydrogen-bond acceptors (Lipinski definition) is 2. The van der Waals surface area contributed by atoms with Gasteiger partial charge in [-0.15, -0.1) is 0 Å². The van der Waals surface area contributed by atoms with E-state index in [9.17, 15) is 9.90 Å². The molecule has 1 aromatic carbocycles. The molecule has 1 aliphatic heterocycles. The second-order valence-corrected chi connectivity index (χ2v) is 5.13. The highest BCUT2D eigenvalue weighted by Gasteiger charge is 2.36. The Morgan fingerprint density at radius 3 is 2.76 bits per heavy atom. The van der Waals surface area contributed by atoms with E-state index in [0.29, 0.717) is 0 Å². The van der Waals surface area contributed by atoms with E-state index >= 15 is 0 Å². The number of aliphatic carboxylic acids is 1. The molecule has 2 atom stereocenters. The molecule has 2 unspecified atom stereocenters. The number of nitrogens with one attached hydrogen (secondary N) is 1. The number of fused-ring (bicyclic) bond motifs is 1. The summed E-state index contributed by atoms with van der Waals surface area (Å²) in [5.74, 6) is -0.778. The first-order valence-electron chi connectivity index (χ1n) is 6.08. The zero-order chi connectivity index (χ0) is 12.6. The van der Waals surface area contributed by atoms with Crippen LogP contribution < -0.4 is 5.32 Å². The summed E-state index contributed by atoms with van der Waals surface area (Å²) in [6.45, 7) is 6.74. The van der Waals surface area contributed by atoms with Crippen LogP contribution in [0, 0.1) is 18.8 Å². The minimum atomic E-state index is -0.693. The predicted molar refractivity (Wildman–Crippen MR) is 68.4 cm³/mol. The topological polar surface area (TPSA) is 49.3 Å². The molecule has 0 saturated carbocycles. The molecule has 92 valence electrons. The monoisotopic (exact) mass is 233 g/mol. The van der Waals surface area contributed by atoms with E-state index in [1.165, 1.54) is 5.56 Å². The van der Waals surface area contributed by atoms with Crippen molar-refractivity contribution in [2.45, 2.75) is 26.7 Å². The van der Waals surface area contributed by atoms with Crippen LogP contribution in [0.5, 0.6) is 0 Å². The molecule has 0 aromatic heterocycles. The molecule has 3 nitrogen and oxygen atoms in total. The summed E-state index contributed by atoms with van der Waals surface area (Å²) in [6.07, 6.45) is 0. The molecule has 1 heterocycles. The second kappa shape index (κ2) is 4.40. The molecule has 1 aliphatic rings. The molecule has 2 rings (SSSR count). The van der Waals surface area contributed by atoms with Gasteiger partial charge in [-0.05, 0) is 24.0 Å². The lowest BCUT2D eigenvalue weighted by molar-refractivity contribution is -0.144. The van der Waals surface area contributed by atoms with Crippen molar-refractivity contribution in [2.24, 2.45) is 11.8 Å². The van der Waals surface area contributed by atoms with Crippen molar-refractivity contribution in [1.82, 2.24) is 0 Å². The smallest absolute Gasteiger partial charge is 0.307 e. The van der Waals surface area contributed by atoms with Crippen LogP contribution >= 0.6 is 0 Å². The van der Waals surface area contributed by atoms with Gasteiger partial charge in [0, 0.05) is 18.2 Å². The van der Waals surface area contributed by atoms with Crippen LogP contribution in [0.3, 0.4) is 0 Å². The molecule has 0 fully saturated rings. The Morgan fingerprint density at radius 2 is 2.18 bits per heavy atom. The predicted octanol–water partition coefficient (Wildman–Crippen LogP) is 2.86. The first kappa shape index (κ1) is 12.0. The number of para-hydroxylation sites is 1. The fourth-order valence-corrected chi connectivity index (χ4v) is 2.81. The van der Waals surface area contributed by atoms with E-state index in [-0.39, 0.29) is 17.8 Å². The van der Waals surface area contributed by atoms with Crippen molar-refractivity contribution in [3.05, 3.63) is 29.3 Å². The Balaban J connectivity index is 2.39. The van der Waals surface area contributed by atoms with Crippen LogP contribution in [-0.4, -0.2) is 17.6 Å². The molecule has 17 heavy (non-hydrogen) atoms. The number of benzene rings is 1. The number of anilines is 1. The van der Waals surface area contributed by atoms with Gasteiger partial charge in [-0.2, -0.15) is 0 Å². The summed E-state index contributed by atoms with van der Waals surface area (Å²) in [6, 6.07) is 6.11. The summed E-state index contributed by atoms with van der Waals surface area (Å²) in [5, 5.41) is 12.7. The largest absolute Gasteiger partial charge is 0.481 e. The second-order valence-electron chi connectivity index (χ2n) is 5.13. The number of carboxylic acid groups (broad SMARTS) is 1. The van der Waals surface area contributed by atoms with Crippen LogP contribution in [0.2, 0.25) is 0 Å². The molecule has 0 amide bonds. The van der Waals surface area contributed by atoms with Crippen molar-refractivity contribution < 1.29 is 9.90 Å². The summed E-state index contributed by atoms with van der Waals surface area (Å²) in [4.78, 5) is 11.4. The summed E-state index contributed by atoms with van der Waals surface area (Å²) >= 11 is 0. The van der Waals surface area contributed by atoms with Gasteiger partial charge in [-0.1, -0.05) is 32.0 Å². The molecule has 0 spiro atoms. The first-order chi connectivity index (χ1) is 8.02. The van der Waals surface area contributed by atoms with Gasteiger partial charge in [0.2, 0.25) is 0 Å². The van der Waals surface area contributed by atoms with Crippen LogP contribution in [0.15, 0.2) is 18.2 Å². The highest BCUT2D eigenvalue weighted by Crippen LogP contribution is 2.40. The fraction of sp³-hybridized carbons (Fsp3) is 0.500. The quantitative estimate of drug-likeness (QED) is 0.844. The summed E-state index contributed by atoms with van der Waals surface area (Å²) < 4.78 is 0. The lowest BCUT2D eigenvalue weighted by Gasteiger charge is -2.23. The Kier molecular flexibility index (Phi) is 3.09. The maximum atomic E-state index is 11.4. The molecule has 0 saturated heterocycles. The van der Waals surface area contributed by atoms with E-state index in [4.69, 9.17) is 0 Å². The third-order valence-electron chi connectivity index (χ3n) is 3.64. The minimum absolute atomic E-state index is 0.0856. The van der Waals surface area contributed by atoms with Gasteiger partial charge >= 0.3 is 5.97 Å². The van der Waals surface area contributed by atoms with Crippen molar-refractivity contribution in [3.8, 4) is 0 Å². The normalized spacial score (nSPS) is 19.9. The van der Waals surface area contributed by atoms with Crippen LogP contribution in [0.25, 0.3) is 0 Å². The lowest BCUT2D eigenvalue weighted by Crippen LogP contribution is -2.28. The van der Waals surface area contributed by atoms with Crippen LogP contribution in [0.1, 0.15) is 30.9 Å². The fourth-order valence-electron chi connectivity index (χ4n) is 2.81. The van der Waals surface area contributed by atoms with Crippen molar-refractivity contribution in [1.29, 1.82) is 0 Å². The van der Waals surface area contributed by atoms with E-state index in [0.717, 1.165) is 17.8 Å². The lowest BCUT2D eigenvalue weighted by atomic mass is 9.80. The average Bonchev–Trinajstić information content (AvgIpc) is 2.63. The van der Waals surface area contributed by atoms with Crippen molar-refractivity contribution in [2.75, 3.05) is 11.9 Å². The van der Waals surface area contributed by atoms with E-state index in [1.54, 1.807) is 0 Å². The van der Waals surface area contributed by atoms with Crippen LogP contribution in [-0.2, 0) is 4.79 Å². The average molecular weight is 233 g/mol. The standard InChI is InChI=1S/C14H19NO2/c1-8(2)12(14(16)17)11-7-15-13-9(3)5-4-6-10(11)13/h4-6,8,11-12,15H,7H2,1-3H3,(H,16,17). The highest BCUT2D eigenvalue weighted by atomic mass is 16.4. The molecule has 0 bridgehead atoms. The zero-order valence-electron chi connectivity index (χ0n) is 10.5. The van der Waals surface area contributed by atoms with Gasteiger partial charge in [-0.3, -0.25) is 4.79 Å². The number of hydrogen-bond donors (Lipinski definition) is 2. The Bertz CT molecular complexity index is 440. The highest BCUT2D eigenvalue weighted by molar-refractivity contribution is 5.74. The van der Waals surface area contributed by atoms with Gasteiger partial charge in [-0.25, -0.2) is 0 Å². The number of rotatable bonds is 3. The molecule has 3 heteroatoms. The van der Waals surface area contributed by atoms with Gasteiger partial charge in [0.15, 0.2) is 0 Å². The molecule has 0 radical (unpaired) electrons. The number of aryl methyl sites for hydroxylation is 1. The maximum Gasteiger partial charge on any atom is 0.307 e. The summed E-state index contributed by atoms with van der Waals surface area (Å²) in [5.41, 5.74) is 3.48. The van der Waals surface area contributed by atoms with E-state index in [1.807, 2.05) is 26.0 Å². The van der Waals surface area contributed by atoms with Gasteiger partial charge in [0.25, 0.3) is 0 Å².